The van der Waals surface area contributed by atoms with Gasteiger partial charge < -0.3 is 10.4 Å². The number of nitrogens with one attached hydrogen (secondary N) is 1. The standard InChI is InChI=1S/C14H19F2NO/c1-10(12-8-11(15)2-3-13(12)16)17-9-14(4-5-14)6-7-18/h2-3,8,10,17-18H,4-7,9H2,1H3. The Bertz CT molecular complexity index is 418. The highest BCUT2D eigenvalue weighted by molar-refractivity contribution is 5.22. The predicted octanol–water partition coefficient (Wildman–Crippen LogP) is 2.78. The number of benzene rings is 1. The Balaban J connectivity index is 1.95. The summed E-state index contributed by atoms with van der Waals surface area (Å²) >= 11 is 0. The molecule has 1 aromatic rings. The highest BCUT2D eigenvalue weighted by Gasteiger charge is 2.41. The minimum Gasteiger partial charge on any atom is -0.396 e. The van der Waals surface area contributed by atoms with Crippen molar-refractivity contribution in [3.8, 4) is 0 Å². The number of hydrogen-bond acceptors (Lipinski definition) is 2. The Morgan fingerprint density at radius 1 is 1.39 bits per heavy atom. The van der Waals surface area contributed by atoms with Gasteiger partial charge in [0.15, 0.2) is 0 Å². The van der Waals surface area contributed by atoms with E-state index in [1.54, 1.807) is 0 Å². The van der Waals surface area contributed by atoms with Crippen LogP contribution in [0.15, 0.2) is 18.2 Å². The van der Waals surface area contributed by atoms with E-state index in [0.29, 0.717) is 5.56 Å². The van der Waals surface area contributed by atoms with E-state index in [-0.39, 0.29) is 23.9 Å². The Morgan fingerprint density at radius 2 is 2.11 bits per heavy atom. The number of aliphatic hydroxyl groups excluding tert-OH is 1. The van der Waals surface area contributed by atoms with Crippen molar-refractivity contribution < 1.29 is 13.9 Å². The maximum atomic E-state index is 13.6. The van der Waals surface area contributed by atoms with E-state index < -0.39 is 5.82 Å². The fourth-order valence-corrected chi connectivity index (χ4v) is 2.26. The lowest BCUT2D eigenvalue weighted by Crippen LogP contribution is -2.28. The lowest BCUT2D eigenvalue weighted by Gasteiger charge is -2.20. The first-order chi connectivity index (χ1) is 8.56. The van der Waals surface area contributed by atoms with Crippen molar-refractivity contribution in [2.75, 3.05) is 13.2 Å². The molecule has 2 rings (SSSR count). The Morgan fingerprint density at radius 3 is 2.72 bits per heavy atom. The lowest BCUT2D eigenvalue weighted by molar-refractivity contribution is 0.242. The topological polar surface area (TPSA) is 32.3 Å². The summed E-state index contributed by atoms with van der Waals surface area (Å²) < 4.78 is 26.6. The van der Waals surface area contributed by atoms with Crippen molar-refractivity contribution in [3.63, 3.8) is 0 Å². The molecule has 0 aromatic heterocycles. The summed E-state index contributed by atoms with van der Waals surface area (Å²) in [4.78, 5) is 0. The highest BCUT2D eigenvalue weighted by Crippen LogP contribution is 2.48. The van der Waals surface area contributed by atoms with Crippen LogP contribution in [-0.4, -0.2) is 18.3 Å². The molecule has 1 aliphatic rings. The molecule has 0 heterocycles. The summed E-state index contributed by atoms with van der Waals surface area (Å²) in [5.41, 5.74) is 0.530. The van der Waals surface area contributed by atoms with Crippen molar-refractivity contribution in [2.24, 2.45) is 5.41 Å². The van der Waals surface area contributed by atoms with Gasteiger partial charge in [0.25, 0.3) is 0 Å². The van der Waals surface area contributed by atoms with Gasteiger partial charge in [-0.15, -0.1) is 0 Å². The molecule has 0 spiro atoms. The second-order valence-corrected chi connectivity index (χ2v) is 5.24. The third kappa shape index (κ3) is 3.06. The van der Waals surface area contributed by atoms with Gasteiger partial charge in [0.2, 0.25) is 0 Å². The highest BCUT2D eigenvalue weighted by atomic mass is 19.1. The van der Waals surface area contributed by atoms with Crippen LogP contribution in [0, 0.1) is 17.0 Å². The van der Waals surface area contributed by atoms with Gasteiger partial charge >= 0.3 is 0 Å². The molecule has 1 aliphatic carbocycles. The average molecular weight is 255 g/mol. The molecule has 1 atom stereocenters. The number of rotatable bonds is 6. The van der Waals surface area contributed by atoms with Crippen molar-refractivity contribution in [1.29, 1.82) is 0 Å². The quantitative estimate of drug-likeness (QED) is 0.819. The summed E-state index contributed by atoms with van der Waals surface area (Å²) in [6.07, 6.45) is 2.97. The fraction of sp³-hybridized carbons (Fsp3) is 0.571. The van der Waals surface area contributed by atoms with Crippen molar-refractivity contribution in [3.05, 3.63) is 35.4 Å². The number of hydrogen-bond donors (Lipinski definition) is 2. The zero-order valence-electron chi connectivity index (χ0n) is 10.5. The van der Waals surface area contributed by atoms with Crippen LogP contribution in [0.4, 0.5) is 8.78 Å². The molecular weight excluding hydrogens is 236 g/mol. The van der Waals surface area contributed by atoms with Crippen LogP contribution in [0.5, 0.6) is 0 Å². The second-order valence-electron chi connectivity index (χ2n) is 5.24. The van der Waals surface area contributed by atoms with Crippen LogP contribution in [0.1, 0.15) is 37.8 Å². The van der Waals surface area contributed by atoms with E-state index in [1.165, 1.54) is 6.07 Å². The van der Waals surface area contributed by atoms with E-state index in [9.17, 15) is 8.78 Å². The first kappa shape index (κ1) is 13.4. The molecule has 1 saturated carbocycles. The molecule has 2 N–H and O–H groups in total. The van der Waals surface area contributed by atoms with Crippen molar-refractivity contribution >= 4 is 0 Å². The third-order valence-corrected chi connectivity index (χ3v) is 3.81. The maximum Gasteiger partial charge on any atom is 0.128 e. The van der Waals surface area contributed by atoms with E-state index in [2.05, 4.69) is 5.32 Å². The van der Waals surface area contributed by atoms with Crippen molar-refractivity contribution in [1.82, 2.24) is 5.32 Å². The van der Waals surface area contributed by atoms with Gasteiger partial charge in [0.1, 0.15) is 11.6 Å². The summed E-state index contributed by atoms with van der Waals surface area (Å²) in [6, 6.07) is 3.29. The molecule has 1 fully saturated rings. The van der Waals surface area contributed by atoms with Gasteiger partial charge in [-0.2, -0.15) is 0 Å². The number of halogens is 2. The second kappa shape index (κ2) is 5.33. The molecule has 0 saturated heterocycles. The summed E-state index contributed by atoms with van der Waals surface area (Å²) in [5, 5.41) is 12.2. The van der Waals surface area contributed by atoms with Gasteiger partial charge in [-0.05, 0) is 49.8 Å². The monoisotopic (exact) mass is 255 g/mol. The largest absolute Gasteiger partial charge is 0.396 e. The van der Waals surface area contributed by atoms with E-state index in [1.807, 2.05) is 6.92 Å². The molecule has 2 nitrogen and oxygen atoms in total. The molecule has 4 heteroatoms. The van der Waals surface area contributed by atoms with Crippen LogP contribution in [0.2, 0.25) is 0 Å². The van der Waals surface area contributed by atoms with Crippen LogP contribution >= 0.6 is 0 Å². The summed E-state index contributed by atoms with van der Waals surface area (Å²) in [7, 11) is 0. The van der Waals surface area contributed by atoms with Crippen LogP contribution in [0.25, 0.3) is 0 Å². The first-order valence-electron chi connectivity index (χ1n) is 6.35. The van der Waals surface area contributed by atoms with E-state index in [4.69, 9.17) is 5.11 Å². The normalized spacial score (nSPS) is 18.7. The molecule has 100 valence electrons. The van der Waals surface area contributed by atoms with E-state index >= 15 is 0 Å². The predicted molar refractivity (Wildman–Crippen MR) is 66.1 cm³/mol. The van der Waals surface area contributed by atoms with Gasteiger partial charge in [0.05, 0.1) is 0 Å². The SMILES string of the molecule is CC(NCC1(CCO)CC1)c1cc(F)ccc1F. The molecule has 0 bridgehead atoms. The zero-order valence-corrected chi connectivity index (χ0v) is 10.5. The van der Waals surface area contributed by atoms with Gasteiger partial charge in [-0.25, -0.2) is 8.78 Å². The smallest absolute Gasteiger partial charge is 0.128 e. The van der Waals surface area contributed by atoms with E-state index in [0.717, 1.165) is 37.9 Å². The molecule has 0 aliphatic heterocycles. The molecule has 0 amide bonds. The molecule has 1 unspecified atom stereocenters. The lowest BCUT2D eigenvalue weighted by atomic mass is 10.0. The summed E-state index contributed by atoms with van der Waals surface area (Å²) in [6.45, 7) is 2.75. The third-order valence-electron chi connectivity index (χ3n) is 3.81. The van der Waals surface area contributed by atoms with Gasteiger partial charge in [-0.1, -0.05) is 0 Å². The first-order valence-corrected chi connectivity index (χ1v) is 6.35. The zero-order chi connectivity index (χ0) is 13.2. The molecule has 18 heavy (non-hydrogen) atoms. The number of aliphatic hydroxyl groups is 1. The molecule has 0 radical (unpaired) electrons. The Labute approximate surface area is 106 Å². The van der Waals surface area contributed by atoms with Crippen LogP contribution in [0.3, 0.4) is 0 Å². The average Bonchev–Trinajstić information content (AvgIpc) is 3.10. The Hall–Kier alpha value is -1.00. The molecule has 1 aromatic carbocycles. The summed E-state index contributed by atoms with van der Waals surface area (Å²) in [5.74, 6) is -0.806. The fourth-order valence-electron chi connectivity index (χ4n) is 2.26. The van der Waals surface area contributed by atoms with Crippen LogP contribution < -0.4 is 5.32 Å². The minimum atomic E-state index is -0.420. The van der Waals surface area contributed by atoms with Crippen molar-refractivity contribution in [2.45, 2.75) is 32.2 Å². The maximum absolute atomic E-state index is 13.6. The van der Waals surface area contributed by atoms with Crippen LogP contribution in [-0.2, 0) is 0 Å². The van der Waals surface area contributed by atoms with Gasteiger partial charge in [0, 0.05) is 24.8 Å². The Kier molecular flexibility index (Phi) is 3.97. The van der Waals surface area contributed by atoms with Gasteiger partial charge in [-0.3, -0.25) is 0 Å². The molecular formula is C14H19F2NO. The minimum absolute atomic E-state index is 0.173.